The van der Waals surface area contributed by atoms with Gasteiger partial charge in [-0.3, -0.25) is 9.59 Å². The highest BCUT2D eigenvalue weighted by Gasteiger charge is 2.30. The molecule has 1 aliphatic carbocycles. The average Bonchev–Trinajstić information content (AvgIpc) is 3.63. The Hall–Kier alpha value is -4.11. The molecule has 0 unspecified atom stereocenters. The van der Waals surface area contributed by atoms with E-state index in [0.29, 0.717) is 17.0 Å². The number of sulfonamides is 1. The number of primary amides is 1. The number of para-hydroxylation sites is 1. The lowest BCUT2D eigenvalue weighted by atomic mass is 10.1. The van der Waals surface area contributed by atoms with Crippen LogP contribution in [0.5, 0.6) is 5.75 Å². The molecule has 1 aliphatic rings. The second-order valence-electron chi connectivity index (χ2n) is 8.30. The van der Waals surface area contributed by atoms with Crippen LogP contribution in [0.15, 0.2) is 28.8 Å². The first-order valence-electron chi connectivity index (χ1n) is 11.3. The van der Waals surface area contributed by atoms with Gasteiger partial charge in [0.1, 0.15) is 0 Å². The number of rotatable bonds is 11. The second kappa shape index (κ2) is 10.5. The number of carbonyl (C=O) groups excluding carboxylic acids is 2. The summed E-state index contributed by atoms with van der Waals surface area (Å²) in [6, 6.07) is 6.51. The zero-order valence-corrected chi connectivity index (χ0v) is 21.2. The molecule has 1 saturated carbocycles. The van der Waals surface area contributed by atoms with E-state index in [9.17, 15) is 18.0 Å². The summed E-state index contributed by atoms with van der Waals surface area (Å²) >= 11 is 0. The van der Waals surface area contributed by atoms with Crippen LogP contribution >= 0.6 is 0 Å². The molecule has 14 nitrogen and oxygen atoms in total. The van der Waals surface area contributed by atoms with Crippen LogP contribution in [0.25, 0.3) is 11.4 Å². The van der Waals surface area contributed by atoms with Gasteiger partial charge in [0.2, 0.25) is 27.6 Å². The third kappa shape index (κ3) is 5.83. The Bertz CT molecular complexity index is 1440. The highest BCUT2D eigenvalue weighted by Crippen LogP contribution is 2.37. The summed E-state index contributed by atoms with van der Waals surface area (Å²) in [7, 11) is -0.571. The van der Waals surface area contributed by atoms with Gasteiger partial charge in [-0.25, -0.2) is 8.42 Å². The molecular weight excluding hydrogens is 504 g/mol. The lowest BCUT2D eigenvalue weighted by Gasteiger charge is -2.15. The number of hydrogen-bond donors (Lipinski definition) is 3. The van der Waals surface area contributed by atoms with Crippen molar-refractivity contribution in [1.82, 2.24) is 24.6 Å². The molecule has 1 aromatic carbocycles. The summed E-state index contributed by atoms with van der Waals surface area (Å²) in [5, 5.41) is 17.4. The molecule has 2 amide bonds. The number of carbonyl (C=O) groups is 2. The molecule has 15 heteroatoms. The first-order chi connectivity index (χ1) is 17.6. The predicted octanol–water partition coefficient (Wildman–Crippen LogP) is 1.51. The van der Waals surface area contributed by atoms with Crippen LogP contribution in [-0.4, -0.2) is 64.8 Å². The normalized spacial score (nSPS) is 13.4. The van der Waals surface area contributed by atoms with E-state index in [1.807, 2.05) is 0 Å². The van der Waals surface area contributed by atoms with Crippen molar-refractivity contribution in [2.24, 2.45) is 11.7 Å². The van der Waals surface area contributed by atoms with Gasteiger partial charge in [0.05, 0.1) is 36.3 Å². The SMILES string of the molecule is CCS(=O)(=O)N(C)Cc1nc(-c2cccc(Nc3cc(NC(=O)C4CC4)nnc3C(N)=O)c2OC)no1. The third-order valence-electron chi connectivity index (χ3n) is 5.62. The topological polar surface area (TPSA) is 196 Å². The van der Waals surface area contributed by atoms with Gasteiger partial charge in [-0.1, -0.05) is 11.2 Å². The van der Waals surface area contributed by atoms with E-state index < -0.39 is 15.9 Å². The van der Waals surface area contributed by atoms with Crippen molar-refractivity contribution in [2.45, 2.75) is 26.3 Å². The second-order valence-corrected chi connectivity index (χ2v) is 10.7. The standard InChI is InChI=1S/C22H26N8O6S/c1-4-37(33,34)30(2)11-17-26-21(29-36-17)13-6-5-7-14(19(13)35-3)24-15-10-16(25-22(32)12-8-9-12)27-28-18(15)20(23)31/h5-7,10,12H,4,8-9,11H2,1-3H3,(H2,23,31)(H2,24,25,27,32). The number of benzene rings is 1. The molecule has 0 atom stereocenters. The summed E-state index contributed by atoms with van der Waals surface area (Å²) in [5.74, 6) is -0.370. The van der Waals surface area contributed by atoms with Gasteiger partial charge in [-0.05, 0) is 31.9 Å². The minimum atomic E-state index is -3.43. The van der Waals surface area contributed by atoms with E-state index in [0.717, 1.165) is 17.1 Å². The van der Waals surface area contributed by atoms with Gasteiger partial charge >= 0.3 is 0 Å². The first-order valence-corrected chi connectivity index (χ1v) is 12.9. The zero-order valence-electron chi connectivity index (χ0n) is 20.4. The van der Waals surface area contributed by atoms with Crippen molar-refractivity contribution in [3.8, 4) is 17.1 Å². The first kappa shape index (κ1) is 26.0. The Labute approximate surface area is 212 Å². The number of aromatic nitrogens is 4. The van der Waals surface area contributed by atoms with Crippen LogP contribution in [0.1, 0.15) is 36.1 Å². The van der Waals surface area contributed by atoms with Crippen LogP contribution in [0.4, 0.5) is 17.2 Å². The number of ether oxygens (including phenoxy) is 1. The Kier molecular flexibility index (Phi) is 7.35. The molecule has 0 saturated heterocycles. The minimum Gasteiger partial charge on any atom is -0.494 e. The zero-order chi connectivity index (χ0) is 26.7. The molecule has 0 spiro atoms. The molecule has 2 heterocycles. The molecule has 4 rings (SSSR count). The van der Waals surface area contributed by atoms with E-state index >= 15 is 0 Å². The number of nitrogens with two attached hydrogens (primary N) is 1. The highest BCUT2D eigenvalue weighted by molar-refractivity contribution is 7.89. The average molecular weight is 531 g/mol. The third-order valence-corrected chi connectivity index (χ3v) is 7.43. The van der Waals surface area contributed by atoms with E-state index in [1.165, 1.54) is 20.2 Å². The smallest absolute Gasteiger partial charge is 0.271 e. The molecule has 3 aromatic rings. The van der Waals surface area contributed by atoms with E-state index in [4.69, 9.17) is 15.0 Å². The van der Waals surface area contributed by atoms with Gasteiger partial charge in [0.25, 0.3) is 5.91 Å². The van der Waals surface area contributed by atoms with Gasteiger partial charge in [-0.2, -0.15) is 9.29 Å². The number of anilines is 3. The van der Waals surface area contributed by atoms with Crippen molar-refractivity contribution in [2.75, 3.05) is 30.5 Å². The number of amides is 2. The molecule has 196 valence electrons. The van der Waals surface area contributed by atoms with E-state index in [2.05, 4.69) is 31.0 Å². The Morgan fingerprint density at radius 2 is 2.00 bits per heavy atom. The van der Waals surface area contributed by atoms with Gasteiger partial charge < -0.3 is 25.6 Å². The van der Waals surface area contributed by atoms with Crippen LogP contribution in [-0.2, 0) is 21.4 Å². The lowest BCUT2D eigenvalue weighted by molar-refractivity contribution is -0.117. The molecular formula is C22H26N8O6S. The van der Waals surface area contributed by atoms with Gasteiger partial charge in [-0.15, -0.1) is 10.2 Å². The molecule has 0 radical (unpaired) electrons. The summed E-state index contributed by atoms with van der Waals surface area (Å²) in [5.41, 5.74) is 6.38. The number of hydrogen-bond acceptors (Lipinski definition) is 11. The van der Waals surface area contributed by atoms with Crippen LogP contribution in [0.3, 0.4) is 0 Å². The molecule has 1 fully saturated rings. The van der Waals surface area contributed by atoms with Crippen molar-refractivity contribution in [1.29, 1.82) is 0 Å². The summed E-state index contributed by atoms with van der Waals surface area (Å²) in [4.78, 5) is 28.4. The lowest BCUT2D eigenvalue weighted by Crippen LogP contribution is -2.27. The fraction of sp³-hybridized carbons (Fsp3) is 0.364. The van der Waals surface area contributed by atoms with Gasteiger partial charge in [0, 0.05) is 19.0 Å². The summed E-state index contributed by atoms with van der Waals surface area (Å²) in [6.45, 7) is 1.45. The van der Waals surface area contributed by atoms with Crippen molar-refractivity contribution in [3.05, 3.63) is 35.9 Å². The largest absolute Gasteiger partial charge is 0.494 e. The van der Waals surface area contributed by atoms with Crippen molar-refractivity contribution < 1.29 is 27.3 Å². The molecule has 4 N–H and O–H groups in total. The maximum atomic E-state index is 12.1. The van der Waals surface area contributed by atoms with E-state index in [-0.39, 0.29) is 53.0 Å². The molecule has 0 bridgehead atoms. The fourth-order valence-corrected chi connectivity index (χ4v) is 4.17. The fourth-order valence-electron chi connectivity index (χ4n) is 3.42. The molecule has 37 heavy (non-hydrogen) atoms. The van der Waals surface area contributed by atoms with Crippen LogP contribution in [0, 0.1) is 5.92 Å². The minimum absolute atomic E-state index is 0.0486. The number of nitrogens with one attached hydrogen (secondary N) is 2. The van der Waals surface area contributed by atoms with Crippen LogP contribution in [0.2, 0.25) is 0 Å². The predicted molar refractivity (Wildman–Crippen MR) is 132 cm³/mol. The Balaban J connectivity index is 1.63. The molecule has 2 aromatic heterocycles. The molecule has 0 aliphatic heterocycles. The number of methoxy groups -OCH3 is 1. The highest BCUT2D eigenvalue weighted by atomic mass is 32.2. The summed E-state index contributed by atoms with van der Waals surface area (Å²) in [6.07, 6.45) is 1.63. The van der Waals surface area contributed by atoms with Gasteiger partial charge in [0.15, 0.2) is 17.3 Å². The summed E-state index contributed by atoms with van der Waals surface area (Å²) < 4.78 is 36.0. The maximum absolute atomic E-state index is 12.1. The van der Waals surface area contributed by atoms with Crippen molar-refractivity contribution in [3.63, 3.8) is 0 Å². The monoisotopic (exact) mass is 530 g/mol. The Morgan fingerprint density at radius 1 is 1.24 bits per heavy atom. The van der Waals surface area contributed by atoms with Crippen molar-refractivity contribution >= 4 is 39.0 Å². The Morgan fingerprint density at radius 3 is 2.65 bits per heavy atom. The van der Waals surface area contributed by atoms with E-state index in [1.54, 1.807) is 25.1 Å². The van der Waals surface area contributed by atoms with Crippen LogP contribution < -0.4 is 21.1 Å². The maximum Gasteiger partial charge on any atom is 0.271 e. The quantitative estimate of drug-likeness (QED) is 0.325. The number of nitrogens with zero attached hydrogens (tertiary/aromatic N) is 5.